The number of benzene rings is 1. The highest BCUT2D eigenvalue weighted by atomic mass is 35.5. The number of ketones is 1. The van der Waals surface area contributed by atoms with Crippen LogP contribution in [0.4, 0.5) is 0 Å². The number of hydrogen-bond acceptors (Lipinski definition) is 3. The van der Waals surface area contributed by atoms with E-state index >= 15 is 0 Å². The van der Waals surface area contributed by atoms with Crippen LogP contribution < -0.4 is 0 Å². The van der Waals surface area contributed by atoms with Gasteiger partial charge in [0.25, 0.3) is 5.78 Å². The number of phenols is 1. The molecule has 5 heteroatoms. The van der Waals surface area contributed by atoms with Crippen LogP contribution >= 0.6 is 11.6 Å². The first-order valence-corrected chi connectivity index (χ1v) is 3.66. The number of Topliss-reactive ketones (excluding diaryl/α,β-unsaturated/α-hetero) is 1. The van der Waals surface area contributed by atoms with Crippen molar-refractivity contribution in [3.8, 4) is 5.75 Å². The van der Waals surface area contributed by atoms with Gasteiger partial charge in [-0.1, -0.05) is 11.6 Å². The molecule has 68 valence electrons. The van der Waals surface area contributed by atoms with Crippen LogP contribution in [0.25, 0.3) is 0 Å². The van der Waals surface area contributed by atoms with Crippen LogP contribution in [0.3, 0.4) is 0 Å². The molecule has 2 N–H and O–H groups in total. The number of phenolic OH excluding ortho intramolecular Hbond substituents is 1. The highest BCUT2D eigenvalue weighted by molar-refractivity contribution is 6.40. The maximum absolute atomic E-state index is 10.9. The van der Waals surface area contributed by atoms with Crippen LogP contribution in [-0.4, -0.2) is 22.0 Å². The molecule has 0 saturated carbocycles. The van der Waals surface area contributed by atoms with E-state index in [9.17, 15) is 9.59 Å². The minimum atomic E-state index is -1.55. The number of aromatic hydroxyl groups is 1. The molecule has 4 nitrogen and oxygen atoms in total. The van der Waals surface area contributed by atoms with Gasteiger partial charge in [-0.25, -0.2) is 4.79 Å². The zero-order valence-electron chi connectivity index (χ0n) is 6.32. The van der Waals surface area contributed by atoms with Crippen molar-refractivity contribution < 1.29 is 19.8 Å². The molecule has 0 aromatic heterocycles. The molecule has 0 radical (unpaired) electrons. The van der Waals surface area contributed by atoms with Crippen LogP contribution in [0.5, 0.6) is 5.75 Å². The second-order valence-corrected chi connectivity index (χ2v) is 2.71. The van der Waals surface area contributed by atoms with Crippen molar-refractivity contribution in [3.63, 3.8) is 0 Å². The summed E-state index contributed by atoms with van der Waals surface area (Å²) in [7, 11) is 0. The molecule has 13 heavy (non-hydrogen) atoms. The van der Waals surface area contributed by atoms with E-state index in [0.29, 0.717) is 0 Å². The molecule has 1 rings (SSSR count). The third-order valence-electron chi connectivity index (χ3n) is 1.40. The van der Waals surface area contributed by atoms with E-state index in [2.05, 4.69) is 0 Å². The Morgan fingerprint density at radius 2 is 1.92 bits per heavy atom. The summed E-state index contributed by atoms with van der Waals surface area (Å²) in [6.45, 7) is 0. The van der Waals surface area contributed by atoms with Gasteiger partial charge in [0.2, 0.25) is 0 Å². The van der Waals surface area contributed by atoms with Crippen LogP contribution in [0, 0.1) is 0 Å². The van der Waals surface area contributed by atoms with E-state index < -0.39 is 11.8 Å². The van der Waals surface area contributed by atoms with Crippen LogP contribution in [0.1, 0.15) is 10.4 Å². The van der Waals surface area contributed by atoms with Crippen molar-refractivity contribution >= 4 is 23.4 Å². The molecule has 0 unspecified atom stereocenters. The van der Waals surface area contributed by atoms with Crippen LogP contribution in [-0.2, 0) is 4.79 Å². The maximum atomic E-state index is 10.9. The molecule has 0 aliphatic heterocycles. The largest absolute Gasteiger partial charge is 0.506 e. The topological polar surface area (TPSA) is 74.6 Å². The third-order valence-corrected chi connectivity index (χ3v) is 1.71. The smallest absolute Gasteiger partial charge is 0.377 e. The van der Waals surface area contributed by atoms with Crippen molar-refractivity contribution in [2.24, 2.45) is 0 Å². The molecule has 0 spiro atoms. The molecule has 0 atom stereocenters. The predicted molar refractivity (Wildman–Crippen MR) is 45.1 cm³/mol. The molecule has 0 heterocycles. The fourth-order valence-corrected chi connectivity index (χ4v) is 0.952. The van der Waals surface area contributed by atoms with E-state index in [1.54, 1.807) is 0 Å². The Morgan fingerprint density at radius 3 is 2.38 bits per heavy atom. The Labute approximate surface area is 78.4 Å². The average Bonchev–Trinajstić information content (AvgIpc) is 2.08. The summed E-state index contributed by atoms with van der Waals surface area (Å²) in [6, 6.07) is 3.46. The number of carboxylic acids is 1. The van der Waals surface area contributed by atoms with Gasteiger partial charge in [-0.3, -0.25) is 4.79 Å². The molecular weight excluding hydrogens is 196 g/mol. The van der Waals surface area contributed by atoms with Crippen LogP contribution in [0.2, 0.25) is 5.02 Å². The Bertz CT molecular complexity index is 372. The summed E-state index contributed by atoms with van der Waals surface area (Å²) in [5, 5.41) is 17.3. The lowest BCUT2D eigenvalue weighted by atomic mass is 10.1. The van der Waals surface area contributed by atoms with Crippen molar-refractivity contribution in [2.75, 3.05) is 0 Å². The number of rotatable bonds is 2. The zero-order chi connectivity index (χ0) is 10.0. The van der Waals surface area contributed by atoms with E-state index in [-0.39, 0.29) is 16.3 Å². The summed E-state index contributed by atoms with van der Waals surface area (Å²) in [5.41, 5.74) is -0.0599. The minimum absolute atomic E-state index is 0.0490. The van der Waals surface area contributed by atoms with Gasteiger partial charge in [0.05, 0.1) is 5.02 Å². The molecule has 0 aliphatic rings. The normalized spacial score (nSPS) is 9.62. The van der Waals surface area contributed by atoms with Crippen molar-refractivity contribution in [1.29, 1.82) is 0 Å². The second kappa shape index (κ2) is 3.45. The number of carbonyl (C=O) groups is 2. The van der Waals surface area contributed by atoms with E-state index in [0.717, 1.165) is 6.07 Å². The van der Waals surface area contributed by atoms with Gasteiger partial charge in [0.1, 0.15) is 5.75 Å². The number of carbonyl (C=O) groups excluding carboxylic acids is 1. The molecule has 1 aromatic carbocycles. The first-order chi connectivity index (χ1) is 6.02. The minimum Gasteiger partial charge on any atom is -0.506 e. The zero-order valence-corrected chi connectivity index (χ0v) is 7.08. The fraction of sp³-hybridized carbons (Fsp3) is 0. The molecule has 0 saturated heterocycles. The Kier molecular flexibility index (Phi) is 2.53. The van der Waals surface area contributed by atoms with Gasteiger partial charge in [0, 0.05) is 5.56 Å². The Balaban J connectivity index is 3.11. The lowest BCUT2D eigenvalue weighted by Crippen LogP contribution is -2.12. The highest BCUT2D eigenvalue weighted by Gasteiger charge is 2.15. The quantitative estimate of drug-likeness (QED) is 0.558. The van der Waals surface area contributed by atoms with Gasteiger partial charge in [-0.2, -0.15) is 0 Å². The summed E-state index contributed by atoms with van der Waals surface area (Å²) in [5.74, 6) is -2.80. The molecule has 0 amide bonds. The lowest BCUT2D eigenvalue weighted by molar-refractivity contribution is -0.131. The SMILES string of the molecule is O=C(O)C(=O)c1ccc(O)c(Cl)c1. The first kappa shape index (κ1) is 9.54. The maximum Gasteiger partial charge on any atom is 0.377 e. The van der Waals surface area contributed by atoms with E-state index in [1.165, 1.54) is 12.1 Å². The van der Waals surface area contributed by atoms with E-state index in [1.807, 2.05) is 0 Å². The van der Waals surface area contributed by atoms with Gasteiger partial charge in [0.15, 0.2) is 0 Å². The monoisotopic (exact) mass is 200 g/mol. The van der Waals surface area contributed by atoms with Crippen molar-refractivity contribution in [2.45, 2.75) is 0 Å². The predicted octanol–water partition coefficient (Wildman–Crippen LogP) is 1.31. The molecule has 0 bridgehead atoms. The summed E-state index contributed by atoms with van der Waals surface area (Å²) in [6.07, 6.45) is 0. The number of hydrogen-bond donors (Lipinski definition) is 2. The number of aliphatic carboxylic acids is 1. The highest BCUT2D eigenvalue weighted by Crippen LogP contribution is 2.23. The molecule has 0 fully saturated rings. The summed E-state index contributed by atoms with van der Waals surface area (Å²) in [4.78, 5) is 21.1. The number of carboxylic acid groups (broad SMARTS) is 1. The van der Waals surface area contributed by atoms with Gasteiger partial charge in [-0.15, -0.1) is 0 Å². The van der Waals surface area contributed by atoms with Crippen molar-refractivity contribution in [1.82, 2.24) is 0 Å². The van der Waals surface area contributed by atoms with Crippen molar-refractivity contribution in [3.05, 3.63) is 28.8 Å². The Morgan fingerprint density at radius 1 is 1.31 bits per heavy atom. The van der Waals surface area contributed by atoms with Gasteiger partial charge >= 0.3 is 5.97 Å². The summed E-state index contributed by atoms with van der Waals surface area (Å²) < 4.78 is 0. The van der Waals surface area contributed by atoms with Crippen LogP contribution in [0.15, 0.2) is 18.2 Å². The average molecular weight is 201 g/mol. The van der Waals surface area contributed by atoms with Gasteiger partial charge in [-0.05, 0) is 18.2 Å². The fourth-order valence-electron chi connectivity index (χ4n) is 0.772. The van der Waals surface area contributed by atoms with E-state index in [4.69, 9.17) is 21.8 Å². The molecular formula is C8H5ClO4. The standard InChI is InChI=1S/C8H5ClO4/c9-5-3-4(1-2-6(5)10)7(11)8(12)13/h1-3,10H,(H,12,13). The summed E-state index contributed by atoms with van der Waals surface area (Å²) >= 11 is 5.47. The Hall–Kier alpha value is -1.55. The third kappa shape index (κ3) is 1.97. The van der Waals surface area contributed by atoms with Gasteiger partial charge < -0.3 is 10.2 Å². The molecule has 0 aliphatic carbocycles. The molecule has 1 aromatic rings. The first-order valence-electron chi connectivity index (χ1n) is 3.28. The lowest BCUT2D eigenvalue weighted by Gasteiger charge is -1.98. The second-order valence-electron chi connectivity index (χ2n) is 2.30. The number of halogens is 1.